The van der Waals surface area contributed by atoms with E-state index in [1.165, 1.54) is 7.11 Å². The monoisotopic (exact) mass is 575 g/mol. The van der Waals surface area contributed by atoms with Crippen molar-refractivity contribution >= 4 is 71.1 Å². The molecule has 0 saturated carbocycles. The number of benzene rings is 2. The van der Waals surface area contributed by atoms with Crippen molar-refractivity contribution in [2.24, 2.45) is 0 Å². The number of anilines is 1. The van der Waals surface area contributed by atoms with Crippen LogP contribution < -0.4 is 10.1 Å². The maximum atomic E-state index is 12.3. The standard InChI is InChI=1S/C17H12Br3N3O3S/c1-25-15-11(7-10(18)13(19)14(15)20)21-12(24)8-27-17-23-22-16(26-17)9-5-3-2-4-6-9/h2-7H,8H2,1H3,(H,21,24). The highest BCUT2D eigenvalue weighted by molar-refractivity contribution is 9.14. The van der Waals surface area contributed by atoms with Crippen molar-refractivity contribution < 1.29 is 13.9 Å². The number of amides is 1. The molecule has 6 nitrogen and oxygen atoms in total. The molecule has 0 unspecified atom stereocenters. The predicted octanol–water partition coefficient (Wildman–Crippen LogP) is 5.76. The maximum Gasteiger partial charge on any atom is 0.277 e. The van der Waals surface area contributed by atoms with Gasteiger partial charge in [-0.05, 0) is 66.0 Å². The molecule has 0 saturated heterocycles. The summed E-state index contributed by atoms with van der Waals surface area (Å²) in [6, 6.07) is 11.2. The first-order chi connectivity index (χ1) is 13.0. The van der Waals surface area contributed by atoms with Crippen molar-refractivity contribution in [3.05, 3.63) is 49.8 Å². The molecule has 3 rings (SSSR count). The number of hydrogen-bond donors (Lipinski definition) is 1. The third kappa shape index (κ3) is 4.92. The molecule has 1 N–H and O–H groups in total. The molecule has 2 aromatic carbocycles. The molecule has 0 aliphatic rings. The van der Waals surface area contributed by atoms with E-state index in [1.54, 1.807) is 6.07 Å². The van der Waals surface area contributed by atoms with Gasteiger partial charge in [-0.1, -0.05) is 30.0 Å². The SMILES string of the molecule is COc1c(NC(=O)CSc2nnc(-c3ccccc3)o2)cc(Br)c(Br)c1Br. The van der Waals surface area contributed by atoms with E-state index >= 15 is 0 Å². The fourth-order valence-electron chi connectivity index (χ4n) is 2.15. The number of nitrogens with zero attached hydrogens (tertiary/aromatic N) is 2. The Morgan fingerprint density at radius 1 is 1.19 bits per heavy atom. The summed E-state index contributed by atoms with van der Waals surface area (Å²) < 4.78 is 13.2. The van der Waals surface area contributed by atoms with Crippen LogP contribution in [-0.2, 0) is 4.79 Å². The zero-order valence-electron chi connectivity index (χ0n) is 13.8. The van der Waals surface area contributed by atoms with Crippen LogP contribution in [-0.4, -0.2) is 29.0 Å². The molecule has 140 valence electrons. The van der Waals surface area contributed by atoms with Gasteiger partial charge in [0.05, 0.1) is 23.0 Å². The number of methoxy groups -OCH3 is 1. The Balaban J connectivity index is 1.65. The molecule has 0 aliphatic carbocycles. The zero-order chi connectivity index (χ0) is 19.4. The predicted molar refractivity (Wildman–Crippen MR) is 115 cm³/mol. The van der Waals surface area contributed by atoms with Gasteiger partial charge in [0.25, 0.3) is 5.22 Å². The first-order valence-corrected chi connectivity index (χ1v) is 10.9. The van der Waals surface area contributed by atoms with Crippen molar-refractivity contribution in [2.75, 3.05) is 18.2 Å². The van der Waals surface area contributed by atoms with Gasteiger partial charge in [0.2, 0.25) is 11.8 Å². The van der Waals surface area contributed by atoms with Crippen LogP contribution in [0.4, 0.5) is 5.69 Å². The lowest BCUT2D eigenvalue weighted by atomic mass is 10.2. The summed E-state index contributed by atoms with van der Waals surface area (Å²) in [5.74, 6) is 0.831. The lowest BCUT2D eigenvalue weighted by Crippen LogP contribution is -2.15. The fraction of sp³-hybridized carbons (Fsp3) is 0.118. The van der Waals surface area contributed by atoms with Gasteiger partial charge in [0.15, 0.2) is 5.75 Å². The highest BCUT2D eigenvalue weighted by Gasteiger charge is 2.17. The van der Waals surface area contributed by atoms with Crippen LogP contribution >= 0.6 is 59.6 Å². The first kappa shape index (κ1) is 20.4. The van der Waals surface area contributed by atoms with E-state index in [4.69, 9.17) is 9.15 Å². The molecular weight excluding hydrogens is 566 g/mol. The number of thioether (sulfide) groups is 1. The van der Waals surface area contributed by atoms with Crippen molar-refractivity contribution in [2.45, 2.75) is 5.22 Å². The van der Waals surface area contributed by atoms with Crippen molar-refractivity contribution in [1.82, 2.24) is 10.2 Å². The minimum atomic E-state index is -0.223. The lowest BCUT2D eigenvalue weighted by Gasteiger charge is -2.14. The summed E-state index contributed by atoms with van der Waals surface area (Å²) in [6.07, 6.45) is 0. The average Bonchev–Trinajstić information content (AvgIpc) is 3.15. The fourth-order valence-corrected chi connectivity index (χ4v) is 4.29. The largest absolute Gasteiger partial charge is 0.493 e. The number of rotatable bonds is 6. The topological polar surface area (TPSA) is 77.2 Å². The third-order valence-corrected chi connectivity index (χ3v) is 7.44. The molecule has 0 bridgehead atoms. The third-order valence-electron chi connectivity index (χ3n) is 3.35. The Labute approximate surface area is 184 Å². The van der Waals surface area contributed by atoms with Gasteiger partial charge in [0.1, 0.15) is 0 Å². The summed E-state index contributed by atoms with van der Waals surface area (Å²) in [5.41, 5.74) is 1.37. The number of hydrogen-bond acceptors (Lipinski definition) is 6. The summed E-state index contributed by atoms with van der Waals surface area (Å²) in [4.78, 5) is 12.3. The van der Waals surface area contributed by atoms with Gasteiger partial charge in [-0.2, -0.15) is 0 Å². The number of ether oxygens (including phenoxy) is 1. The van der Waals surface area contributed by atoms with Crippen LogP contribution in [0.5, 0.6) is 5.75 Å². The van der Waals surface area contributed by atoms with E-state index in [-0.39, 0.29) is 11.7 Å². The Kier molecular flexibility index (Phi) is 6.96. The molecule has 0 atom stereocenters. The number of carbonyl (C=O) groups excluding carboxylic acids is 1. The molecule has 0 spiro atoms. The molecule has 1 heterocycles. The maximum absolute atomic E-state index is 12.3. The van der Waals surface area contributed by atoms with Gasteiger partial charge in [-0.25, -0.2) is 0 Å². The van der Waals surface area contributed by atoms with Crippen LogP contribution in [0.3, 0.4) is 0 Å². The molecule has 0 aliphatic heterocycles. The highest BCUT2D eigenvalue weighted by atomic mass is 79.9. The Hall–Kier alpha value is -1.36. The molecule has 0 fully saturated rings. The first-order valence-electron chi connectivity index (χ1n) is 7.52. The van der Waals surface area contributed by atoms with Gasteiger partial charge in [-0.15, -0.1) is 10.2 Å². The quantitative estimate of drug-likeness (QED) is 0.296. The molecule has 1 aromatic heterocycles. The van der Waals surface area contributed by atoms with Crippen LogP contribution in [0.2, 0.25) is 0 Å². The molecule has 1 amide bonds. The zero-order valence-corrected chi connectivity index (χ0v) is 19.4. The van der Waals surface area contributed by atoms with E-state index in [0.717, 1.165) is 26.3 Å². The summed E-state index contributed by atoms with van der Waals surface area (Å²) in [5, 5.41) is 11.1. The molecule has 27 heavy (non-hydrogen) atoms. The summed E-state index contributed by atoms with van der Waals surface area (Å²) in [7, 11) is 1.54. The van der Waals surface area contributed by atoms with E-state index in [0.29, 0.717) is 27.0 Å². The molecular formula is C17H12Br3N3O3S. The van der Waals surface area contributed by atoms with Gasteiger partial charge in [-0.3, -0.25) is 4.79 Å². The van der Waals surface area contributed by atoms with Crippen LogP contribution in [0.1, 0.15) is 0 Å². The van der Waals surface area contributed by atoms with Crippen LogP contribution in [0.15, 0.2) is 59.5 Å². The van der Waals surface area contributed by atoms with E-state index < -0.39 is 0 Å². The number of nitrogens with one attached hydrogen (secondary N) is 1. The Morgan fingerprint density at radius 3 is 2.63 bits per heavy atom. The van der Waals surface area contributed by atoms with E-state index in [2.05, 4.69) is 63.3 Å². The molecule has 3 aromatic rings. The second kappa shape index (κ2) is 9.22. The minimum absolute atomic E-state index is 0.116. The van der Waals surface area contributed by atoms with Gasteiger partial charge in [0, 0.05) is 14.5 Å². The van der Waals surface area contributed by atoms with Gasteiger partial charge < -0.3 is 14.5 Å². The Morgan fingerprint density at radius 2 is 1.93 bits per heavy atom. The average molecular weight is 578 g/mol. The molecule has 10 heteroatoms. The second-order valence-corrected chi connectivity index (χ2v) is 8.51. The van der Waals surface area contributed by atoms with Gasteiger partial charge >= 0.3 is 0 Å². The minimum Gasteiger partial charge on any atom is -0.493 e. The Bertz CT molecular complexity index is 967. The molecule has 0 radical (unpaired) electrons. The lowest BCUT2D eigenvalue weighted by molar-refractivity contribution is -0.113. The smallest absolute Gasteiger partial charge is 0.277 e. The number of aromatic nitrogens is 2. The van der Waals surface area contributed by atoms with Crippen molar-refractivity contribution in [3.63, 3.8) is 0 Å². The van der Waals surface area contributed by atoms with Crippen LogP contribution in [0, 0.1) is 0 Å². The van der Waals surface area contributed by atoms with E-state index in [9.17, 15) is 4.79 Å². The van der Waals surface area contributed by atoms with Crippen molar-refractivity contribution in [1.29, 1.82) is 0 Å². The van der Waals surface area contributed by atoms with Crippen molar-refractivity contribution in [3.8, 4) is 17.2 Å². The summed E-state index contributed by atoms with van der Waals surface area (Å²) in [6.45, 7) is 0. The number of carbonyl (C=O) groups is 1. The van der Waals surface area contributed by atoms with E-state index in [1.807, 2.05) is 30.3 Å². The van der Waals surface area contributed by atoms with Crippen LogP contribution in [0.25, 0.3) is 11.5 Å². The number of halogens is 3. The summed E-state index contributed by atoms with van der Waals surface area (Å²) >= 11 is 11.5. The second-order valence-electron chi connectivity index (χ2n) is 5.14. The normalized spacial score (nSPS) is 10.7. The highest BCUT2D eigenvalue weighted by Crippen LogP contribution is 2.43.